The summed E-state index contributed by atoms with van der Waals surface area (Å²) in [5, 5.41) is 3.37. The third kappa shape index (κ3) is 2.78. The second kappa shape index (κ2) is 6.18. The zero-order chi connectivity index (χ0) is 15.7. The van der Waals surface area contributed by atoms with Crippen molar-refractivity contribution in [1.29, 1.82) is 0 Å². The van der Waals surface area contributed by atoms with Gasteiger partial charge in [-0.15, -0.1) is 11.3 Å². The number of methoxy groups -OCH3 is 1. The van der Waals surface area contributed by atoms with E-state index in [0.717, 1.165) is 34.2 Å². The number of carbonyl (C=O) groups is 2. The molecule has 2 aromatic heterocycles. The third-order valence-electron chi connectivity index (χ3n) is 3.50. The summed E-state index contributed by atoms with van der Waals surface area (Å²) in [5.74, 6) is -0.694. The highest BCUT2D eigenvalue weighted by Gasteiger charge is 2.28. The van der Waals surface area contributed by atoms with E-state index in [0.29, 0.717) is 16.1 Å². The number of rotatable bonds is 3. The highest BCUT2D eigenvalue weighted by atomic mass is 79.9. The SMILES string of the molecule is COC(=O)c1c(NC(=O)c2cncc(Br)c2)sc2c1CCC2. The number of hydrogen-bond donors (Lipinski definition) is 1. The lowest BCUT2D eigenvalue weighted by Gasteiger charge is -2.07. The zero-order valence-electron chi connectivity index (χ0n) is 11.8. The summed E-state index contributed by atoms with van der Waals surface area (Å²) in [7, 11) is 1.35. The highest BCUT2D eigenvalue weighted by Crippen LogP contribution is 2.39. The molecule has 22 heavy (non-hydrogen) atoms. The van der Waals surface area contributed by atoms with Gasteiger partial charge in [-0.2, -0.15) is 0 Å². The zero-order valence-corrected chi connectivity index (χ0v) is 14.2. The van der Waals surface area contributed by atoms with Crippen molar-refractivity contribution < 1.29 is 14.3 Å². The molecule has 0 aliphatic heterocycles. The van der Waals surface area contributed by atoms with E-state index in [4.69, 9.17) is 4.74 Å². The molecule has 1 N–H and O–H groups in total. The van der Waals surface area contributed by atoms with Crippen LogP contribution in [0.3, 0.4) is 0 Å². The number of hydrogen-bond acceptors (Lipinski definition) is 5. The lowest BCUT2D eigenvalue weighted by Crippen LogP contribution is -2.14. The van der Waals surface area contributed by atoms with E-state index in [1.807, 2.05) is 0 Å². The van der Waals surface area contributed by atoms with E-state index < -0.39 is 5.97 Å². The van der Waals surface area contributed by atoms with Crippen molar-refractivity contribution in [2.45, 2.75) is 19.3 Å². The molecular formula is C15H13BrN2O3S. The Morgan fingerprint density at radius 3 is 2.91 bits per heavy atom. The molecule has 5 nitrogen and oxygen atoms in total. The molecule has 1 aliphatic rings. The van der Waals surface area contributed by atoms with Crippen LogP contribution in [0.2, 0.25) is 0 Å². The van der Waals surface area contributed by atoms with E-state index in [1.165, 1.54) is 24.6 Å². The van der Waals surface area contributed by atoms with Crippen LogP contribution in [0.4, 0.5) is 5.00 Å². The van der Waals surface area contributed by atoms with E-state index in [1.54, 1.807) is 12.3 Å². The molecule has 0 saturated heterocycles. The van der Waals surface area contributed by atoms with Crippen molar-refractivity contribution in [3.8, 4) is 0 Å². The Kier molecular flexibility index (Phi) is 4.26. The number of ether oxygens (including phenoxy) is 1. The van der Waals surface area contributed by atoms with Gasteiger partial charge in [0.05, 0.1) is 18.2 Å². The van der Waals surface area contributed by atoms with Crippen molar-refractivity contribution in [2.75, 3.05) is 12.4 Å². The number of aromatic nitrogens is 1. The van der Waals surface area contributed by atoms with Gasteiger partial charge in [0.15, 0.2) is 0 Å². The summed E-state index contributed by atoms with van der Waals surface area (Å²) in [4.78, 5) is 29.5. The maximum atomic E-state index is 12.3. The molecule has 0 radical (unpaired) electrons. The number of esters is 1. The van der Waals surface area contributed by atoms with Crippen molar-refractivity contribution in [3.05, 3.63) is 44.5 Å². The molecule has 0 atom stereocenters. The van der Waals surface area contributed by atoms with Crippen LogP contribution in [0.25, 0.3) is 0 Å². The smallest absolute Gasteiger partial charge is 0.341 e. The average Bonchev–Trinajstić information content (AvgIpc) is 3.07. The summed E-state index contributed by atoms with van der Waals surface area (Å²) < 4.78 is 5.59. The largest absolute Gasteiger partial charge is 0.465 e. The minimum Gasteiger partial charge on any atom is -0.465 e. The fourth-order valence-corrected chi connectivity index (χ4v) is 4.16. The Morgan fingerprint density at radius 1 is 1.36 bits per heavy atom. The maximum Gasteiger partial charge on any atom is 0.341 e. The molecule has 3 rings (SSSR count). The van der Waals surface area contributed by atoms with Gasteiger partial charge in [0.1, 0.15) is 5.00 Å². The summed E-state index contributed by atoms with van der Waals surface area (Å²) >= 11 is 4.74. The first kappa shape index (κ1) is 15.2. The Morgan fingerprint density at radius 2 is 2.18 bits per heavy atom. The second-order valence-corrected chi connectivity index (χ2v) is 6.92. The second-order valence-electron chi connectivity index (χ2n) is 4.90. The fourth-order valence-electron chi connectivity index (χ4n) is 2.52. The summed E-state index contributed by atoms with van der Waals surface area (Å²) in [6.07, 6.45) is 5.92. The predicted molar refractivity (Wildman–Crippen MR) is 87.6 cm³/mol. The van der Waals surface area contributed by atoms with Crippen molar-refractivity contribution in [3.63, 3.8) is 0 Å². The van der Waals surface area contributed by atoms with Crippen molar-refractivity contribution in [2.24, 2.45) is 0 Å². The number of aryl methyl sites for hydroxylation is 1. The van der Waals surface area contributed by atoms with E-state index in [9.17, 15) is 9.59 Å². The number of anilines is 1. The van der Waals surface area contributed by atoms with E-state index in [2.05, 4.69) is 26.2 Å². The van der Waals surface area contributed by atoms with Crippen LogP contribution in [0.15, 0.2) is 22.9 Å². The third-order valence-corrected chi connectivity index (χ3v) is 5.15. The first-order valence-corrected chi connectivity index (χ1v) is 8.36. The molecule has 2 aromatic rings. The molecule has 114 valence electrons. The number of thiophene rings is 1. The van der Waals surface area contributed by atoms with Gasteiger partial charge in [-0.1, -0.05) is 0 Å². The topological polar surface area (TPSA) is 68.3 Å². The number of halogens is 1. The molecule has 7 heteroatoms. The lowest BCUT2D eigenvalue weighted by molar-refractivity contribution is 0.0601. The number of nitrogens with zero attached hydrogens (tertiary/aromatic N) is 1. The number of nitrogens with one attached hydrogen (secondary N) is 1. The van der Waals surface area contributed by atoms with Crippen LogP contribution in [-0.4, -0.2) is 24.0 Å². The molecule has 0 bridgehead atoms. The van der Waals surface area contributed by atoms with Gasteiger partial charge in [-0.3, -0.25) is 9.78 Å². The maximum absolute atomic E-state index is 12.3. The van der Waals surface area contributed by atoms with Crippen molar-refractivity contribution in [1.82, 2.24) is 4.98 Å². The number of fused-ring (bicyclic) bond motifs is 1. The first-order valence-electron chi connectivity index (χ1n) is 6.75. The molecule has 0 fully saturated rings. The summed E-state index contributed by atoms with van der Waals surface area (Å²) in [6.45, 7) is 0. The van der Waals surface area contributed by atoms with E-state index in [-0.39, 0.29) is 5.91 Å². The fraction of sp³-hybridized carbons (Fsp3) is 0.267. The molecule has 0 aromatic carbocycles. The summed E-state index contributed by atoms with van der Waals surface area (Å²) in [6, 6.07) is 1.68. The first-order chi connectivity index (χ1) is 10.6. The van der Waals surface area contributed by atoms with Crippen LogP contribution in [0, 0.1) is 0 Å². The summed E-state index contributed by atoms with van der Waals surface area (Å²) in [5.41, 5.74) is 1.94. The minimum absolute atomic E-state index is 0.293. The Balaban J connectivity index is 1.92. The van der Waals surface area contributed by atoms with Crippen LogP contribution in [0.1, 0.15) is 37.6 Å². The molecule has 1 aliphatic carbocycles. The van der Waals surface area contributed by atoms with Gasteiger partial charge in [0, 0.05) is 21.7 Å². The average molecular weight is 381 g/mol. The molecule has 0 unspecified atom stereocenters. The molecule has 0 saturated carbocycles. The standard InChI is InChI=1S/C15H13BrN2O3S/c1-21-15(20)12-10-3-2-4-11(10)22-14(12)18-13(19)8-5-9(16)7-17-6-8/h5-7H,2-4H2,1H3,(H,18,19). The van der Waals surface area contributed by atoms with Crippen LogP contribution in [-0.2, 0) is 17.6 Å². The molecule has 2 heterocycles. The molecular weight excluding hydrogens is 368 g/mol. The van der Waals surface area contributed by atoms with Gasteiger partial charge in [0.2, 0.25) is 0 Å². The van der Waals surface area contributed by atoms with E-state index >= 15 is 0 Å². The van der Waals surface area contributed by atoms with Gasteiger partial charge in [-0.25, -0.2) is 4.79 Å². The van der Waals surface area contributed by atoms with Gasteiger partial charge in [-0.05, 0) is 46.8 Å². The Bertz CT molecular complexity index is 757. The van der Waals surface area contributed by atoms with Gasteiger partial charge >= 0.3 is 5.97 Å². The van der Waals surface area contributed by atoms with Gasteiger partial charge in [0.25, 0.3) is 5.91 Å². The normalized spacial score (nSPS) is 12.8. The van der Waals surface area contributed by atoms with Crippen LogP contribution < -0.4 is 5.32 Å². The quantitative estimate of drug-likeness (QED) is 0.828. The predicted octanol–water partition coefficient (Wildman–Crippen LogP) is 3.43. The lowest BCUT2D eigenvalue weighted by atomic mass is 10.1. The minimum atomic E-state index is -0.401. The van der Waals surface area contributed by atoms with Crippen LogP contribution in [0.5, 0.6) is 0 Å². The van der Waals surface area contributed by atoms with Gasteiger partial charge < -0.3 is 10.1 Å². The molecule has 0 spiro atoms. The Hall–Kier alpha value is -1.73. The number of amides is 1. The van der Waals surface area contributed by atoms with Crippen LogP contribution >= 0.6 is 27.3 Å². The Labute approximate surface area is 139 Å². The highest BCUT2D eigenvalue weighted by molar-refractivity contribution is 9.10. The number of carbonyl (C=O) groups excluding carboxylic acids is 2. The van der Waals surface area contributed by atoms with Crippen molar-refractivity contribution >= 4 is 44.1 Å². The number of pyridine rings is 1. The monoisotopic (exact) mass is 380 g/mol. The molecule has 1 amide bonds.